The molecule has 0 saturated carbocycles. The fourth-order valence-electron chi connectivity index (χ4n) is 3.33. The Kier molecular flexibility index (Phi) is 5.43. The van der Waals surface area contributed by atoms with Crippen molar-refractivity contribution in [3.8, 4) is 0 Å². The van der Waals surface area contributed by atoms with Gasteiger partial charge in [0.15, 0.2) is 5.69 Å². The summed E-state index contributed by atoms with van der Waals surface area (Å²) in [6.07, 6.45) is -2.06. The van der Waals surface area contributed by atoms with Crippen LogP contribution in [-0.4, -0.2) is 29.8 Å². The maximum atomic E-state index is 13.2. The van der Waals surface area contributed by atoms with Gasteiger partial charge in [-0.05, 0) is 43.4 Å². The topological polar surface area (TPSA) is 50.2 Å². The second kappa shape index (κ2) is 7.62. The van der Waals surface area contributed by atoms with Crippen LogP contribution >= 0.6 is 0 Å². The van der Waals surface area contributed by atoms with E-state index < -0.39 is 11.9 Å². The lowest BCUT2D eigenvalue weighted by Crippen LogP contribution is -2.28. The average Bonchev–Trinajstić information content (AvgIpc) is 2.99. The number of anilines is 1. The second-order valence-electron chi connectivity index (χ2n) is 6.97. The molecule has 1 N–H and O–H groups in total. The Morgan fingerprint density at radius 2 is 1.85 bits per heavy atom. The molecule has 8 heteroatoms. The Bertz CT molecular complexity index is 810. The lowest BCUT2D eigenvalue weighted by Gasteiger charge is -2.15. The van der Waals surface area contributed by atoms with E-state index in [9.17, 15) is 18.0 Å². The van der Waals surface area contributed by atoms with Gasteiger partial charge in [0, 0.05) is 37.6 Å². The Morgan fingerprint density at radius 3 is 2.48 bits per heavy atom. The summed E-state index contributed by atoms with van der Waals surface area (Å²) in [6, 6.07) is 7.71. The summed E-state index contributed by atoms with van der Waals surface area (Å²) in [4.78, 5) is 14.2. The summed E-state index contributed by atoms with van der Waals surface area (Å²) in [7, 11) is 3.88. The van der Waals surface area contributed by atoms with E-state index >= 15 is 0 Å². The number of carbonyl (C=O) groups excluding carboxylic acids is 1. The zero-order valence-corrected chi connectivity index (χ0v) is 15.4. The Hall–Kier alpha value is -2.51. The maximum absolute atomic E-state index is 13.2. The van der Waals surface area contributed by atoms with Gasteiger partial charge < -0.3 is 10.2 Å². The third-order valence-corrected chi connectivity index (χ3v) is 4.76. The summed E-state index contributed by atoms with van der Waals surface area (Å²) in [5, 5.41) is 6.47. The average molecular weight is 380 g/mol. The number of fused-ring (bicyclic) bond motifs is 1. The van der Waals surface area contributed by atoms with E-state index in [1.807, 2.05) is 43.3 Å². The lowest BCUT2D eigenvalue weighted by atomic mass is 9.95. The van der Waals surface area contributed by atoms with Crippen LogP contribution in [0.3, 0.4) is 0 Å². The molecule has 0 unspecified atom stereocenters. The van der Waals surface area contributed by atoms with Crippen LogP contribution in [0.1, 0.15) is 35.4 Å². The molecule has 27 heavy (non-hydrogen) atoms. The van der Waals surface area contributed by atoms with Crippen LogP contribution in [0.15, 0.2) is 24.3 Å². The van der Waals surface area contributed by atoms with E-state index in [4.69, 9.17) is 0 Å². The third kappa shape index (κ3) is 4.43. The molecule has 0 bridgehead atoms. The summed E-state index contributed by atoms with van der Waals surface area (Å²) < 4.78 is 40.8. The SMILES string of the molecule is CN(C)c1ccc(CNC(=O)Cn2nc(C(F)(F)F)c3c2CCCC3)cc1. The number of hydrogen-bond acceptors (Lipinski definition) is 3. The van der Waals surface area contributed by atoms with Gasteiger partial charge in [-0.15, -0.1) is 0 Å². The quantitative estimate of drug-likeness (QED) is 0.867. The molecule has 1 heterocycles. The summed E-state index contributed by atoms with van der Waals surface area (Å²) in [5.74, 6) is -0.351. The molecule has 1 aliphatic carbocycles. The first-order valence-corrected chi connectivity index (χ1v) is 8.94. The molecule has 0 atom stereocenters. The number of halogens is 3. The first-order valence-electron chi connectivity index (χ1n) is 8.94. The largest absolute Gasteiger partial charge is 0.435 e. The first kappa shape index (κ1) is 19.3. The van der Waals surface area contributed by atoms with Gasteiger partial charge in [-0.3, -0.25) is 9.48 Å². The van der Waals surface area contributed by atoms with Crippen LogP contribution in [-0.2, 0) is 36.9 Å². The lowest BCUT2D eigenvalue weighted by molar-refractivity contribution is -0.142. The Balaban J connectivity index is 1.66. The molecule has 0 aliphatic heterocycles. The van der Waals surface area contributed by atoms with E-state index in [0.29, 0.717) is 25.1 Å². The second-order valence-corrected chi connectivity index (χ2v) is 6.97. The van der Waals surface area contributed by atoms with E-state index in [2.05, 4.69) is 10.4 Å². The zero-order valence-electron chi connectivity index (χ0n) is 15.4. The molecule has 1 aromatic carbocycles. The standard InChI is InChI=1S/C19H23F3N4O/c1-25(2)14-9-7-13(8-10-14)11-23-17(27)12-26-16-6-4-3-5-15(16)18(24-26)19(20,21)22/h7-10H,3-6,11-12H2,1-2H3,(H,23,27). The highest BCUT2D eigenvalue weighted by Crippen LogP contribution is 2.35. The number of benzene rings is 1. The monoisotopic (exact) mass is 380 g/mol. The van der Waals surface area contributed by atoms with E-state index in [1.54, 1.807) is 0 Å². The van der Waals surface area contributed by atoms with Gasteiger partial charge in [-0.2, -0.15) is 18.3 Å². The van der Waals surface area contributed by atoms with E-state index in [0.717, 1.165) is 24.1 Å². The van der Waals surface area contributed by atoms with Crippen LogP contribution in [0.2, 0.25) is 0 Å². The van der Waals surface area contributed by atoms with Crippen molar-refractivity contribution in [1.29, 1.82) is 0 Å². The highest BCUT2D eigenvalue weighted by molar-refractivity contribution is 5.75. The predicted octanol–water partition coefficient (Wildman–Crippen LogP) is 3.16. The molecule has 0 saturated heterocycles. The molecule has 0 spiro atoms. The first-order chi connectivity index (χ1) is 12.8. The number of amides is 1. The molecule has 5 nitrogen and oxygen atoms in total. The molecule has 146 valence electrons. The number of nitrogens with zero attached hydrogens (tertiary/aromatic N) is 3. The molecule has 3 rings (SSSR count). The minimum atomic E-state index is -4.49. The van der Waals surface area contributed by atoms with Gasteiger partial charge in [0.25, 0.3) is 0 Å². The minimum absolute atomic E-state index is 0.200. The van der Waals surface area contributed by atoms with Crippen molar-refractivity contribution in [3.05, 3.63) is 46.8 Å². The van der Waals surface area contributed by atoms with Crippen molar-refractivity contribution in [1.82, 2.24) is 15.1 Å². The molecule has 2 aromatic rings. The molecule has 0 fully saturated rings. The van der Waals surface area contributed by atoms with Crippen molar-refractivity contribution < 1.29 is 18.0 Å². The van der Waals surface area contributed by atoms with E-state index in [-0.39, 0.29) is 18.0 Å². The minimum Gasteiger partial charge on any atom is -0.378 e. The van der Waals surface area contributed by atoms with Gasteiger partial charge in [0.05, 0.1) is 0 Å². The van der Waals surface area contributed by atoms with Gasteiger partial charge in [-0.25, -0.2) is 0 Å². The van der Waals surface area contributed by atoms with E-state index in [1.165, 1.54) is 4.68 Å². The van der Waals surface area contributed by atoms with Crippen molar-refractivity contribution in [3.63, 3.8) is 0 Å². The smallest absolute Gasteiger partial charge is 0.378 e. The van der Waals surface area contributed by atoms with Crippen LogP contribution in [0.5, 0.6) is 0 Å². The summed E-state index contributed by atoms with van der Waals surface area (Å²) in [6.45, 7) is 0.121. The molecular formula is C19H23F3N4O. The fraction of sp³-hybridized carbons (Fsp3) is 0.474. The van der Waals surface area contributed by atoms with Crippen LogP contribution in [0, 0.1) is 0 Å². The summed E-state index contributed by atoms with van der Waals surface area (Å²) >= 11 is 0. The van der Waals surface area contributed by atoms with Gasteiger partial charge in [-0.1, -0.05) is 12.1 Å². The Labute approximate surface area is 156 Å². The van der Waals surface area contributed by atoms with Crippen molar-refractivity contribution >= 4 is 11.6 Å². The number of nitrogens with one attached hydrogen (secondary N) is 1. The molecule has 1 amide bonds. The van der Waals surface area contributed by atoms with Crippen molar-refractivity contribution in [2.75, 3.05) is 19.0 Å². The van der Waals surface area contributed by atoms with Crippen LogP contribution in [0.25, 0.3) is 0 Å². The van der Waals surface area contributed by atoms with Gasteiger partial charge >= 0.3 is 6.18 Å². The third-order valence-electron chi connectivity index (χ3n) is 4.76. The molecule has 0 radical (unpaired) electrons. The van der Waals surface area contributed by atoms with Gasteiger partial charge in [0.2, 0.25) is 5.91 Å². The molecule has 1 aromatic heterocycles. The summed E-state index contributed by atoms with van der Waals surface area (Å²) in [5.41, 5.74) is 1.92. The van der Waals surface area contributed by atoms with Crippen LogP contribution < -0.4 is 10.2 Å². The fourth-order valence-corrected chi connectivity index (χ4v) is 3.33. The highest BCUT2D eigenvalue weighted by Gasteiger charge is 2.39. The molecule has 1 aliphatic rings. The maximum Gasteiger partial charge on any atom is 0.435 e. The number of rotatable bonds is 5. The molecular weight excluding hydrogens is 357 g/mol. The normalized spacial score (nSPS) is 14.0. The zero-order chi connectivity index (χ0) is 19.6. The predicted molar refractivity (Wildman–Crippen MR) is 96.5 cm³/mol. The number of alkyl halides is 3. The number of hydrogen-bond donors (Lipinski definition) is 1. The Morgan fingerprint density at radius 1 is 1.19 bits per heavy atom. The van der Waals surface area contributed by atoms with Gasteiger partial charge in [0.1, 0.15) is 6.54 Å². The van der Waals surface area contributed by atoms with Crippen LogP contribution in [0.4, 0.5) is 18.9 Å². The highest BCUT2D eigenvalue weighted by atomic mass is 19.4. The van der Waals surface area contributed by atoms with Crippen molar-refractivity contribution in [2.24, 2.45) is 0 Å². The number of carbonyl (C=O) groups is 1. The number of aromatic nitrogens is 2. The van der Waals surface area contributed by atoms with Crippen molar-refractivity contribution in [2.45, 2.75) is 44.9 Å².